The number of carbonyl (C=O) groups is 2. The molecule has 0 bridgehead atoms. The summed E-state index contributed by atoms with van der Waals surface area (Å²) in [6, 6.07) is 0. The molecule has 0 aliphatic heterocycles. The summed E-state index contributed by atoms with van der Waals surface area (Å²) in [5.41, 5.74) is -0.492. The van der Waals surface area contributed by atoms with Gasteiger partial charge in [0.1, 0.15) is 6.29 Å². The molecule has 3 nitrogen and oxygen atoms in total. The molecule has 3 heteroatoms. The van der Waals surface area contributed by atoms with Crippen LogP contribution >= 0.6 is 0 Å². The van der Waals surface area contributed by atoms with Gasteiger partial charge >= 0.3 is 0 Å². The first kappa shape index (κ1) is 16.7. The van der Waals surface area contributed by atoms with Gasteiger partial charge < -0.3 is 9.90 Å². The van der Waals surface area contributed by atoms with Crippen molar-refractivity contribution in [2.75, 3.05) is 0 Å². The highest BCUT2D eigenvalue weighted by Gasteiger charge is 2.44. The van der Waals surface area contributed by atoms with E-state index in [0.717, 1.165) is 19.1 Å². The van der Waals surface area contributed by atoms with E-state index in [1.165, 1.54) is 6.92 Å². The molecule has 1 fully saturated rings. The molecule has 112 valence electrons. The summed E-state index contributed by atoms with van der Waals surface area (Å²) in [5, 5.41) is 9.83. The van der Waals surface area contributed by atoms with Crippen LogP contribution in [0.5, 0.6) is 0 Å². The molecule has 1 saturated carbocycles. The van der Waals surface area contributed by atoms with Crippen LogP contribution in [0.3, 0.4) is 0 Å². The van der Waals surface area contributed by atoms with Gasteiger partial charge in [0.15, 0.2) is 5.78 Å². The maximum absolute atomic E-state index is 11.6. The second-order valence-electron chi connectivity index (χ2n) is 6.59. The van der Waals surface area contributed by atoms with Crippen LogP contribution < -0.4 is 0 Å². The molecule has 4 atom stereocenters. The first-order chi connectivity index (χ1) is 9.21. The summed E-state index contributed by atoms with van der Waals surface area (Å²) < 4.78 is 0. The molecule has 0 aromatic carbocycles. The van der Waals surface area contributed by atoms with Gasteiger partial charge in [-0.1, -0.05) is 33.4 Å². The van der Waals surface area contributed by atoms with E-state index in [2.05, 4.69) is 13.5 Å². The predicted octanol–water partition coefficient (Wildman–Crippen LogP) is 3.71. The van der Waals surface area contributed by atoms with Crippen molar-refractivity contribution in [2.24, 2.45) is 29.1 Å². The third-order valence-corrected chi connectivity index (χ3v) is 4.88. The molecular formula is C17H26O3. The molecule has 0 radical (unpaired) electrons. The Labute approximate surface area is 121 Å². The number of rotatable bonds is 5. The predicted molar refractivity (Wildman–Crippen MR) is 80.3 cm³/mol. The molecule has 1 aliphatic carbocycles. The van der Waals surface area contributed by atoms with E-state index in [-0.39, 0.29) is 29.3 Å². The van der Waals surface area contributed by atoms with Gasteiger partial charge in [-0.25, -0.2) is 0 Å². The molecule has 1 N–H and O–H groups in total. The lowest BCUT2D eigenvalue weighted by Gasteiger charge is -2.45. The van der Waals surface area contributed by atoms with Crippen molar-refractivity contribution in [1.29, 1.82) is 0 Å². The van der Waals surface area contributed by atoms with Gasteiger partial charge in [0.2, 0.25) is 0 Å². The van der Waals surface area contributed by atoms with E-state index in [4.69, 9.17) is 0 Å². The standard InChI is InChI=1S/C17H26O3/c1-11-6-9-16(17(4,5)13(3)20)15(10-18)14(11)8-7-12(2)19/h7-8,10-11,14-16,20H,3,6,9H2,1-2,4-5H3/b8-7+/t11-,14+,15?,16-/m1/s1. The van der Waals surface area contributed by atoms with Crippen LogP contribution in [0.1, 0.15) is 40.5 Å². The van der Waals surface area contributed by atoms with Crippen molar-refractivity contribution in [2.45, 2.75) is 40.5 Å². The SMILES string of the molecule is C=C(O)C(C)(C)[C@@H]1CC[C@@H](C)[C@H](/C=C/C(C)=O)C1C=O. The van der Waals surface area contributed by atoms with E-state index in [1.807, 2.05) is 19.9 Å². The Morgan fingerprint density at radius 2 is 1.90 bits per heavy atom. The lowest BCUT2D eigenvalue weighted by atomic mass is 9.59. The summed E-state index contributed by atoms with van der Waals surface area (Å²) in [5.74, 6) is 0.394. The van der Waals surface area contributed by atoms with Crippen LogP contribution in [0.4, 0.5) is 0 Å². The minimum Gasteiger partial charge on any atom is -0.512 e. The maximum Gasteiger partial charge on any atom is 0.152 e. The highest BCUT2D eigenvalue weighted by Crippen LogP contribution is 2.48. The van der Waals surface area contributed by atoms with Crippen molar-refractivity contribution >= 4 is 12.1 Å². The third kappa shape index (κ3) is 3.38. The third-order valence-electron chi connectivity index (χ3n) is 4.88. The number of hydrogen-bond donors (Lipinski definition) is 1. The number of ketones is 1. The van der Waals surface area contributed by atoms with Crippen LogP contribution in [-0.2, 0) is 9.59 Å². The Morgan fingerprint density at radius 3 is 2.35 bits per heavy atom. The van der Waals surface area contributed by atoms with Crippen molar-refractivity contribution < 1.29 is 14.7 Å². The van der Waals surface area contributed by atoms with E-state index in [1.54, 1.807) is 6.08 Å². The molecule has 0 heterocycles. The first-order valence-corrected chi connectivity index (χ1v) is 7.24. The molecule has 0 amide bonds. The highest BCUT2D eigenvalue weighted by molar-refractivity contribution is 5.87. The molecule has 0 aromatic heterocycles. The van der Waals surface area contributed by atoms with E-state index in [0.29, 0.717) is 5.92 Å². The summed E-state index contributed by atoms with van der Waals surface area (Å²) in [7, 11) is 0. The second-order valence-corrected chi connectivity index (χ2v) is 6.59. The second kappa shape index (κ2) is 6.38. The quantitative estimate of drug-likeness (QED) is 0.474. The average molecular weight is 278 g/mol. The largest absolute Gasteiger partial charge is 0.512 e. The van der Waals surface area contributed by atoms with Crippen LogP contribution in [0, 0.1) is 29.1 Å². The number of aliphatic hydroxyl groups is 1. The first-order valence-electron chi connectivity index (χ1n) is 7.24. The molecule has 20 heavy (non-hydrogen) atoms. The Balaban J connectivity index is 3.09. The summed E-state index contributed by atoms with van der Waals surface area (Å²) in [4.78, 5) is 22.8. The van der Waals surface area contributed by atoms with Gasteiger partial charge in [0.25, 0.3) is 0 Å². The van der Waals surface area contributed by atoms with Gasteiger partial charge in [0, 0.05) is 11.3 Å². The van der Waals surface area contributed by atoms with Crippen molar-refractivity contribution in [3.8, 4) is 0 Å². The lowest BCUT2D eigenvalue weighted by molar-refractivity contribution is -0.118. The fourth-order valence-electron chi connectivity index (χ4n) is 3.28. The smallest absolute Gasteiger partial charge is 0.152 e. The molecule has 0 spiro atoms. The number of carbonyl (C=O) groups excluding carboxylic acids is 2. The normalized spacial score (nSPS) is 31.2. The van der Waals surface area contributed by atoms with E-state index >= 15 is 0 Å². The summed E-state index contributed by atoms with van der Waals surface area (Å²) >= 11 is 0. The van der Waals surface area contributed by atoms with Crippen molar-refractivity contribution in [1.82, 2.24) is 0 Å². The number of aldehydes is 1. The Hall–Kier alpha value is -1.38. The van der Waals surface area contributed by atoms with Gasteiger partial charge in [-0.05, 0) is 43.6 Å². The molecule has 0 saturated heterocycles. The minimum absolute atomic E-state index is 0.00481. The maximum atomic E-state index is 11.6. The van der Waals surface area contributed by atoms with Gasteiger partial charge in [0.05, 0.1) is 5.76 Å². The number of aliphatic hydroxyl groups excluding tert-OH is 1. The van der Waals surface area contributed by atoms with E-state index < -0.39 is 5.41 Å². The van der Waals surface area contributed by atoms with Crippen molar-refractivity contribution in [3.05, 3.63) is 24.5 Å². The minimum atomic E-state index is -0.492. The fourth-order valence-corrected chi connectivity index (χ4v) is 3.28. The zero-order valence-corrected chi connectivity index (χ0v) is 12.9. The number of allylic oxidation sites excluding steroid dienone is 3. The van der Waals surface area contributed by atoms with Gasteiger partial charge in [-0.3, -0.25) is 4.79 Å². The Morgan fingerprint density at radius 1 is 1.30 bits per heavy atom. The van der Waals surface area contributed by atoms with Gasteiger partial charge in [-0.15, -0.1) is 0 Å². The van der Waals surface area contributed by atoms with Gasteiger partial charge in [-0.2, -0.15) is 0 Å². The molecular weight excluding hydrogens is 252 g/mol. The zero-order chi connectivity index (χ0) is 15.5. The lowest BCUT2D eigenvalue weighted by Crippen LogP contribution is -2.41. The van der Waals surface area contributed by atoms with Crippen LogP contribution in [0.2, 0.25) is 0 Å². The van der Waals surface area contributed by atoms with Crippen LogP contribution in [0.15, 0.2) is 24.5 Å². The molecule has 0 aromatic rings. The molecule has 1 unspecified atom stereocenters. The van der Waals surface area contributed by atoms with Crippen molar-refractivity contribution in [3.63, 3.8) is 0 Å². The van der Waals surface area contributed by atoms with Crippen LogP contribution in [0.25, 0.3) is 0 Å². The van der Waals surface area contributed by atoms with Crippen LogP contribution in [-0.4, -0.2) is 17.2 Å². The van der Waals surface area contributed by atoms with E-state index in [9.17, 15) is 14.7 Å². The summed E-state index contributed by atoms with van der Waals surface area (Å²) in [6.07, 6.45) is 6.29. The summed E-state index contributed by atoms with van der Waals surface area (Å²) in [6.45, 7) is 11.1. The molecule has 1 rings (SSSR count). The zero-order valence-electron chi connectivity index (χ0n) is 12.9. The number of hydrogen-bond acceptors (Lipinski definition) is 3. The Bertz CT molecular complexity index is 420. The Kier molecular flexibility index (Phi) is 5.32. The highest BCUT2D eigenvalue weighted by atomic mass is 16.3. The fraction of sp³-hybridized carbons (Fsp3) is 0.647. The molecule has 1 aliphatic rings. The average Bonchev–Trinajstić information content (AvgIpc) is 2.35. The monoisotopic (exact) mass is 278 g/mol. The topological polar surface area (TPSA) is 54.4 Å².